The number of nitrogens with zero attached hydrogens (tertiary/aromatic N) is 2. The van der Waals surface area contributed by atoms with Gasteiger partial charge in [-0.3, -0.25) is 9.59 Å². The van der Waals surface area contributed by atoms with Crippen molar-refractivity contribution in [3.8, 4) is 0 Å². The van der Waals surface area contributed by atoms with E-state index in [2.05, 4.69) is 0 Å². The van der Waals surface area contributed by atoms with Crippen molar-refractivity contribution in [1.82, 2.24) is 9.80 Å². The van der Waals surface area contributed by atoms with E-state index >= 15 is 0 Å². The predicted octanol–water partition coefficient (Wildman–Crippen LogP) is -1.21. The SMILES string of the molecule is NC1CCC(=O)N(CC(=O)N2CCOCC2)C1. The minimum Gasteiger partial charge on any atom is -0.378 e. The van der Waals surface area contributed by atoms with Crippen LogP contribution in [0.1, 0.15) is 12.8 Å². The van der Waals surface area contributed by atoms with Gasteiger partial charge in [-0.1, -0.05) is 0 Å². The van der Waals surface area contributed by atoms with Crippen LogP contribution in [0.2, 0.25) is 0 Å². The highest BCUT2D eigenvalue weighted by Gasteiger charge is 2.27. The van der Waals surface area contributed by atoms with Crippen LogP contribution in [0, 0.1) is 0 Å². The number of carbonyl (C=O) groups is 2. The fourth-order valence-corrected chi connectivity index (χ4v) is 2.17. The van der Waals surface area contributed by atoms with Crippen molar-refractivity contribution >= 4 is 11.8 Å². The molecule has 2 fully saturated rings. The summed E-state index contributed by atoms with van der Waals surface area (Å²) in [5.41, 5.74) is 5.80. The van der Waals surface area contributed by atoms with Crippen LogP contribution in [0.4, 0.5) is 0 Å². The van der Waals surface area contributed by atoms with E-state index < -0.39 is 0 Å². The fourth-order valence-electron chi connectivity index (χ4n) is 2.17. The van der Waals surface area contributed by atoms with Gasteiger partial charge in [-0.25, -0.2) is 0 Å². The van der Waals surface area contributed by atoms with Gasteiger partial charge < -0.3 is 20.3 Å². The molecule has 2 saturated heterocycles. The third-order valence-electron chi connectivity index (χ3n) is 3.23. The minimum atomic E-state index is -0.00394. The smallest absolute Gasteiger partial charge is 0.242 e. The maximum absolute atomic E-state index is 12.0. The van der Waals surface area contributed by atoms with Crippen molar-refractivity contribution in [2.24, 2.45) is 5.73 Å². The average Bonchev–Trinajstić information content (AvgIpc) is 2.35. The molecule has 0 radical (unpaired) electrons. The second-order valence-electron chi connectivity index (χ2n) is 4.57. The largest absolute Gasteiger partial charge is 0.378 e. The molecule has 1 unspecified atom stereocenters. The maximum atomic E-state index is 12.0. The molecule has 0 aromatic carbocycles. The lowest BCUT2D eigenvalue weighted by Gasteiger charge is -2.33. The van der Waals surface area contributed by atoms with Crippen molar-refractivity contribution in [3.05, 3.63) is 0 Å². The number of nitrogens with two attached hydrogens (primary N) is 1. The first-order chi connectivity index (χ1) is 8.16. The summed E-state index contributed by atoms with van der Waals surface area (Å²) in [4.78, 5) is 26.9. The summed E-state index contributed by atoms with van der Waals surface area (Å²) in [6, 6.07) is 0.00480. The standard InChI is InChI=1S/C11H19N3O3/c12-9-1-2-10(15)14(7-9)8-11(16)13-3-5-17-6-4-13/h9H,1-8,12H2. The summed E-state index contributed by atoms with van der Waals surface area (Å²) in [5, 5.41) is 0. The van der Waals surface area contributed by atoms with Gasteiger partial charge in [0.25, 0.3) is 0 Å². The van der Waals surface area contributed by atoms with Gasteiger partial charge >= 0.3 is 0 Å². The average molecular weight is 241 g/mol. The molecule has 96 valence electrons. The monoisotopic (exact) mass is 241 g/mol. The summed E-state index contributed by atoms with van der Waals surface area (Å²) < 4.78 is 5.18. The maximum Gasteiger partial charge on any atom is 0.242 e. The van der Waals surface area contributed by atoms with Crippen LogP contribution >= 0.6 is 0 Å². The zero-order chi connectivity index (χ0) is 12.3. The van der Waals surface area contributed by atoms with Crippen LogP contribution in [0.15, 0.2) is 0 Å². The Bertz CT molecular complexity index is 302. The Kier molecular flexibility index (Phi) is 3.96. The minimum absolute atomic E-state index is 0.00394. The highest BCUT2D eigenvalue weighted by atomic mass is 16.5. The normalized spacial score (nSPS) is 26.2. The summed E-state index contributed by atoms with van der Waals surface area (Å²) >= 11 is 0. The number of amides is 2. The first-order valence-electron chi connectivity index (χ1n) is 6.05. The number of carbonyl (C=O) groups excluding carboxylic acids is 2. The van der Waals surface area contributed by atoms with E-state index in [-0.39, 0.29) is 24.4 Å². The molecule has 2 aliphatic rings. The quantitative estimate of drug-likeness (QED) is 0.658. The van der Waals surface area contributed by atoms with Crippen molar-refractivity contribution in [2.75, 3.05) is 39.4 Å². The Hall–Kier alpha value is -1.14. The number of hydrogen-bond acceptors (Lipinski definition) is 4. The Morgan fingerprint density at radius 1 is 1.41 bits per heavy atom. The zero-order valence-corrected chi connectivity index (χ0v) is 9.93. The van der Waals surface area contributed by atoms with Crippen molar-refractivity contribution in [2.45, 2.75) is 18.9 Å². The van der Waals surface area contributed by atoms with Gasteiger partial charge in [0.2, 0.25) is 11.8 Å². The molecule has 17 heavy (non-hydrogen) atoms. The zero-order valence-electron chi connectivity index (χ0n) is 9.93. The summed E-state index contributed by atoms with van der Waals surface area (Å²) in [5.74, 6) is 0.0315. The van der Waals surface area contributed by atoms with Crippen LogP contribution in [0.25, 0.3) is 0 Å². The van der Waals surface area contributed by atoms with Gasteiger partial charge in [0.15, 0.2) is 0 Å². The van der Waals surface area contributed by atoms with Crippen molar-refractivity contribution in [1.29, 1.82) is 0 Å². The van der Waals surface area contributed by atoms with Crippen LogP contribution in [-0.2, 0) is 14.3 Å². The first kappa shape index (κ1) is 12.3. The summed E-state index contributed by atoms with van der Waals surface area (Å²) in [6.07, 6.45) is 1.18. The fraction of sp³-hybridized carbons (Fsp3) is 0.818. The molecule has 6 nitrogen and oxygen atoms in total. The van der Waals surface area contributed by atoms with E-state index in [9.17, 15) is 9.59 Å². The molecule has 6 heteroatoms. The molecule has 0 aromatic rings. The molecule has 0 saturated carbocycles. The van der Waals surface area contributed by atoms with Crippen LogP contribution in [0.5, 0.6) is 0 Å². The lowest BCUT2D eigenvalue weighted by molar-refractivity contribution is -0.144. The Labute approximate surface area is 101 Å². The van der Waals surface area contributed by atoms with Gasteiger partial charge in [-0.05, 0) is 6.42 Å². The molecular formula is C11H19N3O3. The molecule has 2 heterocycles. The van der Waals surface area contributed by atoms with Crippen molar-refractivity contribution < 1.29 is 14.3 Å². The van der Waals surface area contributed by atoms with E-state index in [0.717, 1.165) is 6.42 Å². The van der Waals surface area contributed by atoms with Gasteiger partial charge in [-0.2, -0.15) is 0 Å². The Balaban J connectivity index is 1.86. The number of morpholine rings is 1. The van der Waals surface area contributed by atoms with Crippen LogP contribution < -0.4 is 5.73 Å². The number of hydrogen-bond donors (Lipinski definition) is 1. The first-order valence-corrected chi connectivity index (χ1v) is 6.05. The Morgan fingerprint density at radius 3 is 2.82 bits per heavy atom. The number of rotatable bonds is 2. The molecule has 0 bridgehead atoms. The van der Waals surface area contributed by atoms with Crippen LogP contribution in [0.3, 0.4) is 0 Å². The highest BCUT2D eigenvalue weighted by molar-refractivity contribution is 5.85. The van der Waals surface area contributed by atoms with Gasteiger partial charge in [-0.15, -0.1) is 0 Å². The lowest BCUT2D eigenvalue weighted by atomic mass is 10.1. The lowest BCUT2D eigenvalue weighted by Crippen LogP contribution is -2.52. The Morgan fingerprint density at radius 2 is 2.12 bits per heavy atom. The third kappa shape index (κ3) is 3.17. The summed E-state index contributed by atoms with van der Waals surface area (Å²) in [7, 11) is 0. The van der Waals surface area contributed by atoms with E-state index in [1.165, 1.54) is 0 Å². The highest BCUT2D eigenvalue weighted by Crippen LogP contribution is 2.10. The molecule has 0 aliphatic carbocycles. The molecule has 1 atom stereocenters. The molecule has 2 amide bonds. The molecule has 2 aliphatic heterocycles. The number of ether oxygens (including phenoxy) is 1. The van der Waals surface area contributed by atoms with Gasteiger partial charge in [0.05, 0.1) is 19.8 Å². The van der Waals surface area contributed by atoms with Gasteiger partial charge in [0, 0.05) is 32.1 Å². The second kappa shape index (κ2) is 5.46. The molecule has 0 spiro atoms. The van der Waals surface area contributed by atoms with E-state index in [4.69, 9.17) is 10.5 Å². The summed E-state index contributed by atoms with van der Waals surface area (Å²) in [6.45, 7) is 3.06. The molecule has 0 aromatic heterocycles. The van der Waals surface area contributed by atoms with E-state index in [1.54, 1.807) is 9.80 Å². The van der Waals surface area contributed by atoms with Gasteiger partial charge in [0.1, 0.15) is 0 Å². The molecular weight excluding hydrogens is 222 g/mol. The van der Waals surface area contributed by atoms with Crippen LogP contribution in [-0.4, -0.2) is 67.0 Å². The van der Waals surface area contributed by atoms with Crippen molar-refractivity contribution in [3.63, 3.8) is 0 Å². The predicted molar refractivity (Wildman–Crippen MR) is 61.2 cm³/mol. The molecule has 2 N–H and O–H groups in total. The van der Waals surface area contributed by atoms with E-state index in [0.29, 0.717) is 39.3 Å². The number of likely N-dealkylation sites (tertiary alicyclic amines) is 1. The second-order valence-corrected chi connectivity index (χ2v) is 4.57. The third-order valence-corrected chi connectivity index (χ3v) is 3.23. The van der Waals surface area contributed by atoms with E-state index in [1.807, 2.05) is 0 Å². The molecule has 2 rings (SSSR count). The number of piperidine rings is 1. The topological polar surface area (TPSA) is 75.9 Å².